The number of carbonyl (C=O) groups is 3. The van der Waals surface area contributed by atoms with E-state index in [0.717, 1.165) is 24.8 Å². The first-order chi connectivity index (χ1) is 11.9. The average Bonchev–Trinajstić information content (AvgIpc) is 2.92. The molecule has 7 heteroatoms. The van der Waals surface area contributed by atoms with Crippen LogP contribution in [0, 0.1) is 0 Å². The number of hydrogen-bond acceptors (Lipinski definition) is 4. The first-order valence-corrected chi connectivity index (χ1v) is 9.94. The van der Waals surface area contributed by atoms with Crippen LogP contribution >= 0.6 is 11.8 Å². The number of nitrogens with zero attached hydrogens (tertiary/aromatic N) is 1. The fraction of sp³-hybridized carbons (Fsp3) is 0.611. The second-order valence-corrected chi connectivity index (χ2v) is 7.38. The van der Waals surface area contributed by atoms with Crippen LogP contribution in [0.25, 0.3) is 0 Å². The molecule has 2 aliphatic heterocycles. The Kier molecular flexibility index (Phi) is 7.11. The molecule has 0 saturated carbocycles. The highest BCUT2D eigenvalue weighted by Crippen LogP contribution is 2.31. The molecule has 0 aliphatic carbocycles. The van der Waals surface area contributed by atoms with Crippen molar-refractivity contribution in [2.24, 2.45) is 0 Å². The lowest BCUT2D eigenvalue weighted by Gasteiger charge is -2.28. The Morgan fingerprint density at radius 3 is 2.72 bits per heavy atom. The van der Waals surface area contributed by atoms with Crippen molar-refractivity contribution in [2.45, 2.75) is 57.2 Å². The van der Waals surface area contributed by atoms with Crippen LogP contribution in [0.5, 0.6) is 0 Å². The Balaban J connectivity index is 1.95. The third-order valence-electron chi connectivity index (χ3n) is 4.70. The minimum Gasteiger partial charge on any atom is -0.353 e. The van der Waals surface area contributed by atoms with Gasteiger partial charge in [0.1, 0.15) is 6.04 Å². The third kappa shape index (κ3) is 5.36. The first-order valence-electron chi connectivity index (χ1n) is 8.65. The van der Waals surface area contributed by atoms with Gasteiger partial charge in [0.05, 0.1) is 0 Å². The van der Waals surface area contributed by atoms with Crippen LogP contribution in [0.2, 0.25) is 0 Å². The maximum atomic E-state index is 12.6. The molecule has 0 radical (unpaired) electrons. The van der Waals surface area contributed by atoms with E-state index in [-0.39, 0.29) is 36.2 Å². The summed E-state index contributed by atoms with van der Waals surface area (Å²) in [6, 6.07) is -0.441. The van der Waals surface area contributed by atoms with E-state index >= 15 is 0 Å². The molecule has 2 rings (SSSR count). The molecule has 3 atom stereocenters. The van der Waals surface area contributed by atoms with E-state index in [1.165, 1.54) is 6.92 Å². The van der Waals surface area contributed by atoms with Gasteiger partial charge in [-0.25, -0.2) is 0 Å². The number of fused-ring (bicyclic) bond motifs is 1. The number of amides is 3. The lowest BCUT2D eigenvalue weighted by molar-refractivity contribution is -0.140. The Morgan fingerprint density at radius 1 is 1.32 bits per heavy atom. The van der Waals surface area contributed by atoms with Gasteiger partial charge in [-0.3, -0.25) is 14.4 Å². The molecule has 0 aromatic rings. The highest BCUT2D eigenvalue weighted by molar-refractivity contribution is 8.01. The van der Waals surface area contributed by atoms with Crippen LogP contribution in [0.1, 0.15) is 39.0 Å². The fourth-order valence-electron chi connectivity index (χ4n) is 3.57. The molecule has 0 bridgehead atoms. The van der Waals surface area contributed by atoms with Crippen molar-refractivity contribution >= 4 is 29.5 Å². The molecule has 2 fully saturated rings. The van der Waals surface area contributed by atoms with E-state index in [1.54, 1.807) is 16.7 Å². The Bertz CT molecular complexity index is 576. The van der Waals surface area contributed by atoms with Crippen LogP contribution in [-0.4, -0.2) is 53.5 Å². The minimum absolute atomic E-state index is 0.0417. The molecule has 3 amide bonds. The summed E-state index contributed by atoms with van der Waals surface area (Å²) < 4.78 is 0. The normalized spacial score (nSPS) is 26.2. The first kappa shape index (κ1) is 19.6. The Hall–Kier alpha value is -1.76. The zero-order chi connectivity index (χ0) is 18.4. The van der Waals surface area contributed by atoms with Crippen LogP contribution in [0.4, 0.5) is 0 Å². The molecule has 2 heterocycles. The van der Waals surface area contributed by atoms with Crippen molar-refractivity contribution < 1.29 is 14.4 Å². The molecule has 6 nitrogen and oxygen atoms in total. The summed E-state index contributed by atoms with van der Waals surface area (Å²) in [5.74, 6) is -0.279. The molecular formula is C18H27N3O3S. The van der Waals surface area contributed by atoms with E-state index in [2.05, 4.69) is 17.2 Å². The molecule has 0 aromatic carbocycles. The van der Waals surface area contributed by atoms with Crippen molar-refractivity contribution in [2.75, 3.05) is 12.8 Å². The van der Waals surface area contributed by atoms with E-state index in [4.69, 9.17) is 0 Å². The summed E-state index contributed by atoms with van der Waals surface area (Å²) in [5, 5.41) is 7.64. The lowest BCUT2D eigenvalue weighted by Crippen LogP contribution is -2.49. The van der Waals surface area contributed by atoms with Crippen LogP contribution in [-0.2, 0) is 14.4 Å². The van der Waals surface area contributed by atoms with Crippen molar-refractivity contribution in [3.8, 4) is 0 Å². The summed E-state index contributed by atoms with van der Waals surface area (Å²) in [6.45, 7) is 5.75. The molecule has 0 aromatic heterocycles. The largest absolute Gasteiger partial charge is 0.353 e. The third-order valence-corrected chi connectivity index (χ3v) is 5.11. The monoisotopic (exact) mass is 365 g/mol. The van der Waals surface area contributed by atoms with Crippen LogP contribution in [0.15, 0.2) is 23.6 Å². The SMILES string of the molecule is C=C(/C=C\SC)CNC(=O)C1CCC2CC[C@H](NC(C)=O)CC(=O)N21. The topological polar surface area (TPSA) is 78.5 Å². The van der Waals surface area contributed by atoms with E-state index in [1.807, 2.05) is 17.7 Å². The summed E-state index contributed by atoms with van der Waals surface area (Å²) in [7, 11) is 0. The van der Waals surface area contributed by atoms with Gasteiger partial charge >= 0.3 is 0 Å². The maximum Gasteiger partial charge on any atom is 0.243 e. The predicted octanol–water partition coefficient (Wildman–Crippen LogP) is 1.58. The highest BCUT2D eigenvalue weighted by atomic mass is 32.2. The quantitative estimate of drug-likeness (QED) is 0.701. The van der Waals surface area contributed by atoms with E-state index < -0.39 is 6.04 Å². The molecular weight excluding hydrogens is 338 g/mol. The van der Waals surface area contributed by atoms with Crippen molar-refractivity contribution in [3.05, 3.63) is 23.6 Å². The summed E-state index contributed by atoms with van der Waals surface area (Å²) in [5.41, 5.74) is 0.824. The summed E-state index contributed by atoms with van der Waals surface area (Å²) in [6.07, 6.45) is 7.23. The molecule has 138 valence electrons. The van der Waals surface area contributed by atoms with Gasteiger partial charge in [-0.05, 0) is 42.9 Å². The molecule has 25 heavy (non-hydrogen) atoms. The summed E-state index contributed by atoms with van der Waals surface area (Å²) in [4.78, 5) is 38.2. The zero-order valence-corrected chi connectivity index (χ0v) is 15.7. The van der Waals surface area contributed by atoms with Gasteiger partial charge in [-0.1, -0.05) is 12.7 Å². The molecule has 2 unspecified atom stereocenters. The summed E-state index contributed by atoms with van der Waals surface area (Å²) >= 11 is 1.57. The zero-order valence-electron chi connectivity index (χ0n) is 14.9. The van der Waals surface area contributed by atoms with Crippen LogP contribution < -0.4 is 10.6 Å². The van der Waals surface area contributed by atoms with E-state index in [0.29, 0.717) is 13.0 Å². The predicted molar refractivity (Wildman–Crippen MR) is 99.9 cm³/mol. The van der Waals surface area contributed by atoms with Gasteiger partial charge < -0.3 is 15.5 Å². The molecule has 0 spiro atoms. The number of hydrogen-bond donors (Lipinski definition) is 2. The molecule has 2 N–H and O–H groups in total. The van der Waals surface area contributed by atoms with Gasteiger partial charge in [-0.15, -0.1) is 11.8 Å². The maximum absolute atomic E-state index is 12.6. The molecule has 2 saturated heterocycles. The Morgan fingerprint density at radius 2 is 2.04 bits per heavy atom. The minimum atomic E-state index is -0.411. The second-order valence-electron chi connectivity index (χ2n) is 6.64. The van der Waals surface area contributed by atoms with Gasteiger partial charge in [0, 0.05) is 32.0 Å². The van der Waals surface area contributed by atoms with Gasteiger partial charge in [0.25, 0.3) is 0 Å². The number of carbonyl (C=O) groups excluding carboxylic acids is 3. The van der Waals surface area contributed by atoms with Gasteiger partial charge in [0.15, 0.2) is 0 Å². The number of nitrogens with one attached hydrogen (secondary N) is 2. The lowest BCUT2D eigenvalue weighted by atomic mass is 10.0. The molecule has 2 aliphatic rings. The highest BCUT2D eigenvalue weighted by Gasteiger charge is 2.42. The second kappa shape index (κ2) is 9.08. The van der Waals surface area contributed by atoms with E-state index in [9.17, 15) is 14.4 Å². The van der Waals surface area contributed by atoms with Crippen molar-refractivity contribution in [1.29, 1.82) is 0 Å². The van der Waals surface area contributed by atoms with Gasteiger partial charge in [-0.2, -0.15) is 0 Å². The standard InChI is InChI=1S/C18H27N3O3S/c1-12(8-9-25-3)11-19-18(24)16-7-6-15-5-4-14(20-13(2)22)10-17(23)21(15)16/h8-9,14-16H,1,4-7,10-11H2,2-3H3,(H,19,24)(H,20,22)/b9-8-/t14-,15?,16?/m0/s1. The number of thioether (sulfide) groups is 1. The van der Waals surface area contributed by atoms with Crippen LogP contribution in [0.3, 0.4) is 0 Å². The Labute approximate surface area is 153 Å². The smallest absolute Gasteiger partial charge is 0.243 e. The van der Waals surface area contributed by atoms with Gasteiger partial charge in [0.2, 0.25) is 17.7 Å². The fourth-order valence-corrected chi connectivity index (χ4v) is 3.89. The van der Waals surface area contributed by atoms with Crippen molar-refractivity contribution in [3.63, 3.8) is 0 Å². The average molecular weight is 365 g/mol. The van der Waals surface area contributed by atoms with Crippen molar-refractivity contribution in [1.82, 2.24) is 15.5 Å². The number of rotatable bonds is 6.